The van der Waals surface area contributed by atoms with Gasteiger partial charge < -0.3 is 29.3 Å². The zero-order valence-electron chi connectivity index (χ0n) is 25.9. The summed E-state index contributed by atoms with van der Waals surface area (Å²) >= 11 is 0. The van der Waals surface area contributed by atoms with Crippen LogP contribution < -0.4 is 10.1 Å². The molecule has 1 aliphatic heterocycles. The molecule has 2 aromatic carbocycles. The maximum atomic E-state index is 13.9. The van der Waals surface area contributed by atoms with E-state index in [0.29, 0.717) is 18.1 Å². The van der Waals surface area contributed by atoms with Gasteiger partial charge in [0.1, 0.15) is 41.9 Å². The number of hydrogen-bond acceptors (Lipinski definition) is 8. The highest BCUT2D eigenvalue weighted by atomic mass is 16.6. The van der Waals surface area contributed by atoms with Crippen LogP contribution in [0.25, 0.3) is 11.1 Å². The van der Waals surface area contributed by atoms with E-state index in [1.165, 1.54) is 12.0 Å². The second-order valence-corrected chi connectivity index (χ2v) is 12.7. The first-order chi connectivity index (χ1) is 20.2. The lowest BCUT2D eigenvalue weighted by Crippen LogP contribution is -2.57. The summed E-state index contributed by atoms with van der Waals surface area (Å²) in [5.74, 6) is -0.334. The predicted molar refractivity (Wildman–Crippen MR) is 163 cm³/mol. The molecule has 3 atom stereocenters. The van der Waals surface area contributed by atoms with Gasteiger partial charge in [-0.1, -0.05) is 62.8 Å². The summed E-state index contributed by atoms with van der Waals surface area (Å²) in [5, 5.41) is 7.28. The van der Waals surface area contributed by atoms with Gasteiger partial charge in [-0.2, -0.15) is 0 Å². The summed E-state index contributed by atoms with van der Waals surface area (Å²) in [4.78, 5) is 46.9. The van der Waals surface area contributed by atoms with Crippen LogP contribution in [0.2, 0.25) is 0 Å². The molecule has 2 aliphatic rings. The van der Waals surface area contributed by atoms with Crippen molar-refractivity contribution in [2.45, 2.75) is 71.8 Å². The van der Waals surface area contributed by atoms with Gasteiger partial charge in [-0.05, 0) is 55.5 Å². The number of amides is 2. The van der Waals surface area contributed by atoms with Gasteiger partial charge in [-0.3, -0.25) is 4.79 Å². The molecule has 0 unspecified atom stereocenters. The number of methoxy groups -OCH3 is 1. The van der Waals surface area contributed by atoms with E-state index < -0.39 is 47.2 Å². The molecular formula is C33H41N3O7. The molecule has 1 fully saturated rings. The Kier molecular flexibility index (Phi) is 9.18. The molecule has 2 aromatic rings. The molecule has 0 bridgehead atoms. The summed E-state index contributed by atoms with van der Waals surface area (Å²) in [5.41, 5.74) is 2.99. The van der Waals surface area contributed by atoms with E-state index in [-0.39, 0.29) is 13.0 Å². The molecule has 1 N–H and O–H groups in total. The number of fused-ring (bicyclic) bond motifs is 3. The van der Waals surface area contributed by atoms with Crippen LogP contribution in [-0.2, 0) is 23.9 Å². The molecule has 0 spiro atoms. The van der Waals surface area contributed by atoms with E-state index in [1.54, 1.807) is 26.8 Å². The summed E-state index contributed by atoms with van der Waals surface area (Å²) in [7, 11) is 1.28. The van der Waals surface area contributed by atoms with Gasteiger partial charge in [0.25, 0.3) is 0 Å². The van der Waals surface area contributed by atoms with Gasteiger partial charge in [-0.15, -0.1) is 0 Å². The van der Waals surface area contributed by atoms with Crippen molar-refractivity contribution in [1.82, 2.24) is 10.2 Å². The molecule has 10 heteroatoms. The molecule has 43 heavy (non-hydrogen) atoms. The number of likely N-dealkylation sites (tertiary alicyclic amines) is 1. The van der Waals surface area contributed by atoms with Crippen LogP contribution in [0.1, 0.15) is 59.1 Å². The number of oxime groups is 1. The van der Waals surface area contributed by atoms with Crippen LogP contribution in [0.4, 0.5) is 4.79 Å². The zero-order chi connectivity index (χ0) is 31.5. The maximum absolute atomic E-state index is 13.9. The van der Waals surface area contributed by atoms with Gasteiger partial charge in [0.15, 0.2) is 0 Å². The number of esters is 1. The van der Waals surface area contributed by atoms with Crippen molar-refractivity contribution in [3.63, 3.8) is 0 Å². The first-order valence-electron chi connectivity index (χ1n) is 14.3. The molecule has 230 valence electrons. The van der Waals surface area contributed by atoms with E-state index in [1.807, 2.05) is 63.2 Å². The SMILES string of the molecule is C=CCOc1ccc2c(c1)C(=NO[C@@H]1C[C@@H](C(=O)OC)N(C(=O)[C@@H](NC(=O)OC(C)(C)C)C(C)(C)C)C1)c1ccccc1-2. The molecule has 0 radical (unpaired) electrons. The molecule has 4 rings (SSSR count). The van der Waals surface area contributed by atoms with Gasteiger partial charge in [-0.25, -0.2) is 9.59 Å². The second-order valence-electron chi connectivity index (χ2n) is 12.7. The third kappa shape index (κ3) is 7.18. The lowest BCUT2D eigenvalue weighted by molar-refractivity contribution is -0.152. The lowest BCUT2D eigenvalue weighted by atomic mass is 9.85. The Morgan fingerprint density at radius 1 is 1.05 bits per heavy atom. The highest BCUT2D eigenvalue weighted by molar-refractivity contribution is 6.24. The topological polar surface area (TPSA) is 116 Å². The van der Waals surface area contributed by atoms with Crippen molar-refractivity contribution < 1.29 is 33.4 Å². The van der Waals surface area contributed by atoms with E-state index in [4.69, 9.17) is 19.0 Å². The minimum atomic E-state index is -0.970. The third-order valence-corrected chi connectivity index (χ3v) is 7.17. The first-order valence-corrected chi connectivity index (χ1v) is 14.3. The number of rotatable bonds is 8. The number of carbonyl (C=O) groups is 3. The van der Waals surface area contributed by atoms with Crippen molar-refractivity contribution in [1.29, 1.82) is 0 Å². The largest absolute Gasteiger partial charge is 0.490 e. The Balaban J connectivity index is 1.60. The Bertz CT molecular complexity index is 1420. The number of nitrogens with zero attached hydrogens (tertiary/aromatic N) is 2. The average Bonchev–Trinajstić information content (AvgIpc) is 3.50. The van der Waals surface area contributed by atoms with E-state index >= 15 is 0 Å². The zero-order valence-corrected chi connectivity index (χ0v) is 25.9. The quantitative estimate of drug-likeness (QED) is 0.221. The first kappa shape index (κ1) is 31.6. The third-order valence-electron chi connectivity index (χ3n) is 7.17. The molecular weight excluding hydrogens is 550 g/mol. The Morgan fingerprint density at radius 3 is 2.35 bits per heavy atom. The van der Waals surface area contributed by atoms with Crippen molar-refractivity contribution in [2.24, 2.45) is 10.6 Å². The summed E-state index contributed by atoms with van der Waals surface area (Å²) in [6, 6.07) is 11.8. The van der Waals surface area contributed by atoms with Crippen LogP contribution in [-0.4, -0.2) is 72.6 Å². The smallest absolute Gasteiger partial charge is 0.408 e. The Morgan fingerprint density at radius 2 is 1.72 bits per heavy atom. The van der Waals surface area contributed by atoms with Gasteiger partial charge in [0.05, 0.1) is 13.7 Å². The van der Waals surface area contributed by atoms with Crippen LogP contribution >= 0.6 is 0 Å². The highest BCUT2D eigenvalue weighted by Gasteiger charge is 2.46. The number of ether oxygens (including phenoxy) is 3. The van der Waals surface area contributed by atoms with Crippen molar-refractivity contribution in [3.8, 4) is 16.9 Å². The number of hydrogen-bond donors (Lipinski definition) is 1. The second kappa shape index (κ2) is 12.5. The molecule has 0 saturated carbocycles. The number of alkyl carbamates (subject to hydrolysis) is 1. The predicted octanol–water partition coefficient (Wildman–Crippen LogP) is 5.08. The van der Waals surface area contributed by atoms with Gasteiger partial charge >= 0.3 is 12.1 Å². The average molecular weight is 592 g/mol. The fourth-order valence-electron chi connectivity index (χ4n) is 5.21. The molecule has 0 aromatic heterocycles. The van der Waals surface area contributed by atoms with Crippen molar-refractivity contribution >= 4 is 23.7 Å². The Hall–Kier alpha value is -4.34. The molecule has 2 amide bonds. The van der Waals surface area contributed by atoms with Crippen LogP contribution in [0, 0.1) is 5.41 Å². The monoisotopic (exact) mass is 591 g/mol. The summed E-state index contributed by atoms with van der Waals surface area (Å²) < 4.78 is 16.2. The lowest BCUT2D eigenvalue weighted by Gasteiger charge is -2.35. The number of carbonyl (C=O) groups excluding carboxylic acids is 3. The summed E-state index contributed by atoms with van der Waals surface area (Å²) in [6.45, 7) is 14.9. The van der Waals surface area contributed by atoms with E-state index in [9.17, 15) is 14.4 Å². The number of nitrogens with one attached hydrogen (secondary N) is 1. The van der Waals surface area contributed by atoms with Crippen molar-refractivity contribution in [3.05, 3.63) is 66.2 Å². The highest BCUT2D eigenvalue weighted by Crippen LogP contribution is 2.39. The van der Waals surface area contributed by atoms with E-state index in [2.05, 4.69) is 17.1 Å². The van der Waals surface area contributed by atoms with Crippen molar-refractivity contribution in [2.75, 3.05) is 20.3 Å². The van der Waals surface area contributed by atoms with Crippen LogP contribution in [0.3, 0.4) is 0 Å². The fraction of sp³-hybridized carbons (Fsp3) is 0.455. The van der Waals surface area contributed by atoms with Gasteiger partial charge in [0, 0.05) is 17.5 Å². The van der Waals surface area contributed by atoms with Crippen LogP contribution in [0.5, 0.6) is 5.75 Å². The summed E-state index contributed by atoms with van der Waals surface area (Å²) in [6.07, 6.45) is 0.538. The van der Waals surface area contributed by atoms with Gasteiger partial charge in [0.2, 0.25) is 5.91 Å². The van der Waals surface area contributed by atoms with Crippen LogP contribution in [0.15, 0.2) is 60.3 Å². The van der Waals surface area contributed by atoms with E-state index in [0.717, 1.165) is 22.3 Å². The molecule has 1 saturated heterocycles. The number of benzene rings is 2. The normalized spacial score (nSPS) is 19.2. The molecule has 1 aliphatic carbocycles. The fourth-order valence-corrected chi connectivity index (χ4v) is 5.21. The minimum Gasteiger partial charge on any atom is -0.490 e. The standard InChI is InChI=1S/C33H41N3O7/c1-9-16-41-20-14-15-23-22-12-10-11-13-24(22)27(25(23)17-20)35-43-21-18-26(30(38)40-8)36(19-21)29(37)28(32(2,3)4)34-31(39)42-33(5,6)7/h9-15,17,21,26,28H,1,16,18-19H2,2-8H3,(H,34,39)/t21-,26+,28-/m1/s1. The molecule has 10 nitrogen and oxygen atoms in total. The maximum Gasteiger partial charge on any atom is 0.408 e. The Labute approximate surface area is 253 Å². The minimum absolute atomic E-state index is 0.0783. The molecule has 1 heterocycles.